The van der Waals surface area contributed by atoms with E-state index in [4.69, 9.17) is 25.6 Å². The maximum Gasteiger partial charge on any atom is 0.319 e. The van der Waals surface area contributed by atoms with E-state index >= 15 is 4.39 Å². The molecule has 9 nitrogen and oxygen atoms in total. The standard InChI is InChI=1S/C34H32F3N5O4/c1-3-22-24(36)7-6-19-12-21(43)13-23(25(19)22)28-27(37)29-26-30(42-10-5-11-44-16-33(42,2)17-45-31(26)38-28)40-32(39-29)46-18-34-8-4-9-41(34)15-20(35)14-34/h1,6-7,12-13,20,43H,4-5,8-11,14-18H2,2H3/t20-,33+,34+/m1/s1. The van der Waals surface area contributed by atoms with Gasteiger partial charge in [0.1, 0.15) is 53.4 Å². The molecule has 46 heavy (non-hydrogen) atoms. The van der Waals surface area contributed by atoms with Gasteiger partial charge in [0.15, 0.2) is 5.82 Å². The third-order valence-electron chi connectivity index (χ3n) is 9.90. The maximum atomic E-state index is 17.0. The smallest absolute Gasteiger partial charge is 0.319 e. The summed E-state index contributed by atoms with van der Waals surface area (Å²) in [6.07, 6.45) is 7.55. The van der Waals surface area contributed by atoms with Gasteiger partial charge in [0.2, 0.25) is 5.88 Å². The van der Waals surface area contributed by atoms with Gasteiger partial charge in [0, 0.05) is 37.1 Å². The summed E-state index contributed by atoms with van der Waals surface area (Å²) in [5.74, 6) is 1.15. The van der Waals surface area contributed by atoms with Crippen molar-refractivity contribution in [2.24, 2.45) is 0 Å². The lowest BCUT2D eigenvalue weighted by Gasteiger charge is -2.38. The number of hydrogen-bond acceptors (Lipinski definition) is 9. The van der Waals surface area contributed by atoms with Crippen molar-refractivity contribution in [1.29, 1.82) is 0 Å². The molecule has 2 aromatic heterocycles. The van der Waals surface area contributed by atoms with Gasteiger partial charge in [-0.25, -0.2) is 18.2 Å². The van der Waals surface area contributed by atoms with Gasteiger partial charge < -0.3 is 24.2 Å². The summed E-state index contributed by atoms with van der Waals surface area (Å²) < 4.78 is 64.9. The molecule has 8 rings (SSSR count). The zero-order valence-corrected chi connectivity index (χ0v) is 25.3. The molecule has 3 saturated heterocycles. The van der Waals surface area contributed by atoms with Crippen molar-refractivity contribution in [3.8, 4) is 41.2 Å². The number of terminal acetylenes is 1. The van der Waals surface area contributed by atoms with E-state index in [0.717, 1.165) is 19.4 Å². The molecular formula is C34H32F3N5O4. The van der Waals surface area contributed by atoms with Gasteiger partial charge in [0.05, 0.1) is 23.2 Å². The molecule has 4 aromatic rings. The number of ether oxygens (including phenoxy) is 3. The quantitative estimate of drug-likeness (QED) is 0.308. The SMILES string of the molecule is C#Cc1c(F)ccc2cc(O)cc(-c3nc4c5c(nc(OC[C@@]67CCCN6C[C@H](F)C7)nc5c3F)N3CCCOC[C@@]3(C)CO4)c12. The van der Waals surface area contributed by atoms with Crippen LogP contribution in [-0.4, -0.2) is 88.3 Å². The number of fused-ring (bicyclic) bond motifs is 4. The zero-order chi connectivity index (χ0) is 31.8. The summed E-state index contributed by atoms with van der Waals surface area (Å²) in [4.78, 5) is 18.2. The summed E-state index contributed by atoms with van der Waals surface area (Å²) in [6, 6.07) is 5.33. The first-order valence-corrected chi connectivity index (χ1v) is 15.5. The number of anilines is 1. The highest BCUT2D eigenvalue weighted by molar-refractivity contribution is 6.04. The summed E-state index contributed by atoms with van der Waals surface area (Å²) >= 11 is 0. The van der Waals surface area contributed by atoms with Crippen molar-refractivity contribution in [2.45, 2.75) is 49.9 Å². The first kappa shape index (κ1) is 29.1. The number of rotatable bonds is 4. The number of phenols is 1. The Labute approximate surface area is 263 Å². The van der Waals surface area contributed by atoms with Gasteiger partial charge in [-0.1, -0.05) is 12.0 Å². The number of phenolic OH excluding ortho intramolecular Hbond substituents is 1. The van der Waals surface area contributed by atoms with Gasteiger partial charge in [-0.3, -0.25) is 4.90 Å². The Morgan fingerprint density at radius 2 is 2.00 bits per heavy atom. The van der Waals surface area contributed by atoms with Gasteiger partial charge in [-0.2, -0.15) is 9.97 Å². The van der Waals surface area contributed by atoms with Crippen molar-refractivity contribution in [1.82, 2.24) is 19.9 Å². The van der Waals surface area contributed by atoms with Crippen LogP contribution in [0.5, 0.6) is 17.6 Å². The fraction of sp³-hybridized carbons (Fsp3) is 0.441. The Hall–Kier alpha value is -4.34. The molecule has 0 radical (unpaired) electrons. The summed E-state index contributed by atoms with van der Waals surface area (Å²) in [5.41, 5.74) is -1.50. The molecule has 0 spiro atoms. The third-order valence-corrected chi connectivity index (χ3v) is 9.90. The van der Waals surface area contributed by atoms with E-state index in [0.29, 0.717) is 50.3 Å². The highest BCUT2D eigenvalue weighted by atomic mass is 19.1. The Morgan fingerprint density at radius 3 is 2.85 bits per heavy atom. The van der Waals surface area contributed by atoms with Crippen LogP contribution in [0.15, 0.2) is 24.3 Å². The van der Waals surface area contributed by atoms with Crippen molar-refractivity contribution in [3.05, 3.63) is 41.5 Å². The number of aromatic nitrogens is 3. The minimum atomic E-state index is -0.940. The topological polar surface area (TPSA) is 93.1 Å². The monoisotopic (exact) mass is 631 g/mol. The van der Waals surface area contributed by atoms with Gasteiger partial charge in [0.25, 0.3) is 0 Å². The van der Waals surface area contributed by atoms with E-state index < -0.39 is 28.9 Å². The number of alkyl halides is 1. The molecule has 2 aromatic carbocycles. The Kier molecular flexibility index (Phi) is 6.71. The second-order valence-electron chi connectivity index (χ2n) is 13.0. The zero-order valence-electron chi connectivity index (χ0n) is 25.3. The molecule has 0 unspecified atom stereocenters. The van der Waals surface area contributed by atoms with Crippen molar-refractivity contribution < 1.29 is 32.5 Å². The molecule has 4 aliphatic rings. The highest BCUT2D eigenvalue weighted by Gasteiger charge is 2.49. The van der Waals surface area contributed by atoms with Crippen molar-refractivity contribution in [2.75, 3.05) is 51.0 Å². The number of aromatic hydroxyl groups is 1. The Bertz CT molecular complexity index is 1950. The second kappa shape index (κ2) is 10.6. The van der Waals surface area contributed by atoms with Crippen LogP contribution in [0.3, 0.4) is 0 Å². The fourth-order valence-electron chi connectivity index (χ4n) is 7.72. The number of benzene rings is 2. The van der Waals surface area contributed by atoms with E-state index in [1.54, 1.807) is 0 Å². The molecule has 3 atom stereocenters. The lowest BCUT2D eigenvalue weighted by atomic mass is 9.95. The molecule has 0 bridgehead atoms. The lowest BCUT2D eigenvalue weighted by molar-refractivity contribution is 0.0825. The molecule has 238 valence electrons. The molecule has 12 heteroatoms. The second-order valence-corrected chi connectivity index (χ2v) is 13.0. The van der Waals surface area contributed by atoms with Crippen LogP contribution in [0.2, 0.25) is 0 Å². The van der Waals surface area contributed by atoms with Crippen molar-refractivity contribution >= 4 is 27.5 Å². The van der Waals surface area contributed by atoms with Crippen LogP contribution in [0.25, 0.3) is 32.9 Å². The highest BCUT2D eigenvalue weighted by Crippen LogP contribution is 2.45. The van der Waals surface area contributed by atoms with E-state index in [1.807, 2.05) is 11.8 Å². The molecule has 0 amide bonds. The summed E-state index contributed by atoms with van der Waals surface area (Å²) in [6.45, 7) is 4.87. The minimum absolute atomic E-state index is 0.0569. The molecule has 3 fully saturated rings. The van der Waals surface area contributed by atoms with E-state index in [1.165, 1.54) is 24.3 Å². The van der Waals surface area contributed by atoms with Crippen LogP contribution in [0.4, 0.5) is 19.0 Å². The molecule has 0 saturated carbocycles. The Balaban J connectivity index is 1.35. The fourth-order valence-corrected chi connectivity index (χ4v) is 7.72. The summed E-state index contributed by atoms with van der Waals surface area (Å²) in [7, 11) is 0. The molecular weight excluding hydrogens is 599 g/mol. The molecule has 6 heterocycles. The Morgan fingerprint density at radius 1 is 1.13 bits per heavy atom. The molecule has 1 N–H and O–H groups in total. The largest absolute Gasteiger partial charge is 0.508 e. The summed E-state index contributed by atoms with van der Waals surface area (Å²) in [5, 5.41) is 11.5. The minimum Gasteiger partial charge on any atom is -0.508 e. The van der Waals surface area contributed by atoms with Gasteiger partial charge in [-0.05, 0) is 56.3 Å². The van der Waals surface area contributed by atoms with E-state index in [2.05, 4.69) is 20.8 Å². The first-order chi connectivity index (χ1) is 22.2. The van der Waals surface area contributed by atoms with Crippen LogP contribution >= 0.6 is 0 Å². The molecule has 0 aliphatic carbocycles. The third kappa shape index (κ3) is 4.43. The van der Waals surface area contributed by atoms with Crippen LogP contribution in [0.1, 0.15) is 38.2 Å². The van der Waals surface area contributed by atoms with Gasteiger partial charge >= 0.3 is 6.01 Å². The van der Waals surface area contributed by atoms with Crippen LogP contribution < -0.4 is 14.4 Å². The predicted octanol–water partition coefficient (Wildman–Crippen LogP) is 5.14. The average molecular weight is 632 g/mol. The number of hydrogen-bond donors (Lipinski definition) is 1. The lowest BCUT2D eigenvalue weighted by Crippen LogP contribution is -2.53. The van der Waals surface area contributed by atoms with E-state index in [-0.39, 0.29) is 64.0 Å². The number of nitrogens with zero attached hydrogens (tertiary/aromatic N) is 5. The first-order valence-electron chi connectivity index (χ1n) is 15.5. The maximum absolute atomic E-state index is 17.0. The number of halogens is 3. The van der Waals surface area contributed by atoms with Crippen LogP contribution in [0, 0.1) is 24.0 Å². The van der Waals surface area contributed by atoms with Crippen molar-refractivity contribution in [3.63, 3.8) is 0 Å². The van der Waals surface area contributed by atoms with Crippen LogP contribution in [-0.2, 0) is 4.74 Å². The predicted molar refractivity (Wildman–Crippen MR) is 165 cm³/mol. The number of pyridine rings is 1. The normalized spacial score (nSPS) is 25.9. The van der Waals surface area contributed by atoms with Gasteiger partial charge in [-0.15, -0.1) is 6.42 Å². The average Bonchev–Trinajstić information content (AvgIpc) is 3.44. The molecule has 4 aliphatic heterocycles. The van der Waals surface area contributed by atoms with E-state index in [9.17, 15) is 13.9 Å².